The number of thiazole rings is 1. The van der Waals surface area contributed by atoms with Gasteiger partial charge in [0.25, 0.3) is 0 Å². The van der Waals surface area contributed by atoms with Crippen molar-refractivity contribution in [2.45, 2.75) is 6.18 Å². The van der Waals surface area contributed by atoms with Crippen LogP contribution in [-0.2, 0) is 6.18 Å². The van der Waals surface area contributed by atoms with Gasteiger partial charge in [-0.1, -0.05) is 0 Å². The molecule has 3 heterocycles. The third-order valence-electron chi connectivity index (χ3n) is 2.89. The number of alkyl halides is 3. The van der Waals surface area contributed by atoms with E-state index in [-0.39, 0.29) is 10.3 Å². The molecule has 0 atom stereocenters. The highest BCUT2D eigenvalue weighted by molar-refractivity contribution is 9.10. The SMILES string of the molecule is Fc1ccc(-c2csc(Nc3cc(C(F)(F)F)c(Br)cn3)n2)nc1. The van der Waals surface area contributed by atoms with E-state index in [1.54, 1.807) is 5.38 Å². The van der Waals surface area contributed by atoms with Gasteiger partial charge in [-0.3, -0.25) is 4.98 Å². The summed E-state index contributed by atoms with van der Waals surface area (Å²) in [7, 11) is 0. The van der Waals surface area contributed by atoms with E-state index in [0.29, 0.717) is 16.5 Å². The minimum Gasteiger partial charge on any atom is -0.316 e. The Morgan fingerprint density at radius 2 is 1.88 bits per heavy atom. The van der Waals surface area contributed by atoms with Gasteiger partial charge in [-0.05, 0) is 34.1 Å². The number of anilines is 2. The van der Waals surface area contributed by atoms with Gasteiger partial charge in [0.05, 0.1) is 17.5 Å². The average molecular weight is 419 g/mol. The standard InChI is InChI=1S/C14H7BrF4N4S/c15-9-5-21-12(3-8(9)14(17,18)19)23-13-22-11(6-24-13)10-2-1-7(16)4-20-10/h1-6H,(H,21,22,23). The monoisotopic (exact) mass is 418 g/mol. The van der Waals surface area contributed by atoms with Crippen molar-refractivity contribution in [3.63, 3.8) is 0 Å². The van der Waals surface area contributed by atoms with Gasteiger partial charge in [0.15, 0.2) is 5.13 Å². The van der Waals surface area contributed by atoms with Crippen LogP contribution in [0.2, 0.25) is 0 Å². The normalized spacial score (nSPS) is 11.5. The Labute approximate surface area is 145 Å². The maximum absolute atomic E-state index is 12.9. The first kappa shape index (κ1) is 16.8. The first-order valence-corrected chi connectivity index (χ1v) is 8.07. The molecule has 3 aromatic heterocycles. The number of hydrogen-bond donors (Lipinski definition) is 1. The van der Waals surface area contributed by atoms with E-state index < -0.39 is 17.6 Å². The maximum Gasteiger partial charge on any atom is 0.417 e. The highest BCUT2D eigenvalue weighted by Crippen LogP contribution is 2.36. The van der Waals surface area contributed by atoms with Crippen molar-refractivity contribution in [1.82, 2.24) is 15.0 Å². The van der Waals surface area contributed by atoms with Crippen LogP contribution < -0.4 is 5.32 Å². The summed E-state index contributed by atoms with van der Waals surface area (Å²) in [6.07, 6.45) is -2.36. The third-order valence-corrected chi connectivity index (χ3v) is 4.28. The summed E-state index contributed by atoms with van der Waals surface area (Å²) >= 11 is 4.00. The molecule has 0 spiro atoms. The summed E-state index contributed by atoms with van der Waals surface area (Å²) in [5.74, 6) is -0.454. The summed E-state index contributed by atoms with van der Waals surface area (Å²) in [5.41, 5.74) is 0.105. The van der Waals surface area contributed by atoms with Gasteiger partial charge < -0.3 is 5.32 Å². The maximum atomic E-state index is 12.9. The van der Waals surface area contributed by atoms with Gasteiger partial charge in [-0.25, -0.2) is 14.4 Å². The van der Waals surface area contributed by atoms with Crippen molar-refractivity contribution in [2.75, 3.05) is 5.32 Å². The van der Waals surface area contributed by atoms with E-state index in [9.17, 15) is 17.6 Å². The molecule has 0 aliphatic heterocycles. The molecule has 0 saturated heterocycles. The molecule has 0 fully saturated rings. The quantitative estimate of drug-likeness (QED) is 0.589. The van der Waals surface area contributed by atoms with Crippen LogP contribution in [0.1, 0.15) is 5.56 Å². The van der Waals surface area contributed by atoms with Crippen molar-refractivity contribution in [3.8, 4) is 11.4 Å². The van der Waals surface area contributed by atoms with Gasteiger partial charge in [-0.2, -0.15) is 13.2 Å². The van der Waals surface area contributed by atoms with E-state index >= 15 is 0 Å². The number of nitrogens with zero attached hydrogens (tertiary/aromatic N) is 3. The van der Waals surface area contributed by atoms with Crippen molar-refractivity contribution in [2.24, 2.45) is 0 Å². The molecule has 1 N–H and O–H groups in total. The number of aromatic nitrogens is 3. The van der Waals surface area contributed by atoms with Crippen LogP contribution >= 0.6 is 27.3 Å². The molecule has 24 heavy (non-hydrogen) atoms. The summed E-state index contributed by atoms with van der Waals surface area (Å²) < 4.78 is 51.4. The lowest BCUT2D eigenvalue weighted by molar-refractivity contribution is -0.138. The van der Waals surface area contributed by atoms with Crippen LogP contribution in [0.5, 0.6) is 0 Å². The molecule has 0 bridgehead atoms. The minimum absolute atomic E-state index is 0.0125. The van der Waals surface area contributed by atoms with Crippen LogP contribution in [0.4, 0.5) is 28.5 Å². The Bertz CT molecular complexity index is 864. The van der Waals surface area contributed by atoms with Crippen LogP contribution in [0.15, 0.2) is 40.4 Å². The topological polar surface area (TPSA) is 50.7 Å². The second-order valence-corrected chi connectivity index (χ2v) is 6.28. The Hall–Kier alpha value is -2.07. The lowest BCUT2D eigenvalue weighted by Gasteiger charge is -2.10. The first-order valence-electron chi connectivity index (χ1n) is 6.40. The van der Waals surface area contributed by atoms with E-state index in [4.69, 9.17) is 0 Å². The van der Waals surface area contributed by atoms with Gasteiger partial charge in [0.1, 0.15) is 17.3 Å². The smallest absolute Gasteiger partial charge is 0.316 e. The Morgan fingerprint density at radius 3 is 2.54 bits per heavy atom. The fourth-order valence-corrected chi connectivity index (χ4v) is 2.96. The Balaban J connectivity index is 1.84. The predicted molar refractivity (Wildman–Crippen MR) is 85.5 cm³/mol. The molecular formula is C14H7BrF4N4S. The van der Waals surface area contributed by atoms with Crippen LogP contribution in [0.25, 0.3) is 11.4 Å². The molecule has 0 aromatic carbocycles. The van der Waals surface area contributed by atoms with Crippen LogP contribution in [0.3, 0.4) is 0 Å². The average Bonchev–Trinajstić information content (AvgIpc) is 2.97. The summed E-state index contributed by atoms with van der Waals surface area (Å²) in [6.45, 7) is 0. The third kappa shape index (κ3) is 3.70. The zero-order valence-electron chi connectivity index (χ0n) is 11.6. The first-order chi connectivity index (χ1) is 11.3. The summed E-state index contributed by atoms with van der Waals surface area (Å²) in [4.78, 5) is 12.0. The predicted octanol–water partition coefficient (Wildman–Crippen LogP) is 5.26. The number of halogens is 5. The lowest BCUT2D eigenvalue weighted by Crippen LogP contribution is -2.07. The highest BCUT2D eigenvalue weighted by atomic mass is 79.9. The molecule has 124 valence electrons. The van der Waals surface area contributed by atoms with Gasteiger partial charge in [0, 0.05) is 16.0 Å². The van der Waals surface area contributed by atoms with Gasteiger partial charge in [0.2, 0.25) is 0 Å². The second-order valence-electron chi connectivity index (χ2n) is 4.57. The number of rotatable bonds is 3. The molecule has 10 heteroatoms. The van der Waals surface area contributed by atoms with Crippen molar-refractivity contribution in [3.05, 3.63) is 51.8 Å². The fourth-order valence-electron chi connectivity index (χ4n) is 1.81. The van der Waals surface area contributed by atoms with Crippen molar-refractivity contribution < 1.29 is 17.6 Å². The summed E-state index contributed by atoms with van der Waals surface area (Å²) in [6, 6.07) is 3.61. The molecule has 0 unspecified atom stereocenters. The zero-order chi connectivity index (χ0) is 17.3. The molecule has 4 nitrogen and oxygen atoms in total. The van der Waals surface area contributed by atoms with E-state index in [1.165, 1.54) is 23.5 Å². The summed E-state index contributed by atoms with van der Waals surface area (Å²) in [5, 5.41) is 4.72. The van der Waals surface area contributed by atoms with E-state index in [2.05, 4.69) is 36.2 Å². The largest absolute Gasteiger partial charge is 0.417 e. The van der Waals surface area contributed by atoms with E-state index in [0.717, 1.165) is 18.5 Å². The number of hydrogen-bond acceptors (Lipinski definition) is 5. The Morgan fingerprint density at radius 1 is 1.08 bits per heavy atom. The number of pyridine rings is 2. The Kier molecular flexibility index (Phi) is 4.50. The minimum atomic E-state index is -4.50. The molecule has 0 radical (unpaired) electrons. The molecule has 0 aliphatic rings. The highest BCUT2D eigenvalue weighted by Gasteiger charge is 2.33. The molecular weight excluding hydrogens is 412 g/mol. The van der Waals surface area contributed by atoms with Crippen LogP contribution in [-0.4, -0.2) is 15.0 Å². The molecule has 0 aliphatic carbocycles. The van der Waals surface area contributed by atoms with Crippen molar-refractivity contribution >= 4 is 38.2 Å². The molecule has 0 saturated carbocycles. The van der Waals surface area contributed by atoms with Gasteiger partial charge >= 0.3 is 6.18 Å². The number of nitrogens with one attached hydrogen (secondary N) is 1. The molecule has 3 rings (SSSR count). The molecule has 3 aromatic rings. The lowest BCUT2D eigenvalue weighted by atomic mass is 10.2. The second kappa shape index (κ2) is 6.44. The fraction of sp³-hybridized carbons (Fsp3) is 0.0714. The van der Waals surface area contributed by atoms with Crippen LogP contribution in [0, 0.1) is 5.82 Å². The zero-order valence-corrected chi connectivity index (χ0v) is 14.0. The van der Waals surface area contributed by atoms with Crippen molar-refractivity contribution in [1.29, 1.82) is 0 Å². The van der Waals surface area contributed by atoms with Gasteiger partial charge in [-0.15, -0.1) is 11.3 Å². The van der Waals surface area contributed by atoms with E-state index in [1.807, 2.05) is 0 Å². The molecule has 0 amide bonds.